The van der Waals surface area contributed by atoms with Crippen LogP contribution < -0.4 is 5.32 Å². The molecule has 4 rings (SSSR count). The zero-order valence-electron chi connectivity index (χ0n) is 16.7. The molecule has 5 heteroatoms. The predicted molar refractivity (Wildman–Crippen MR) is 110 cm³/mol. The van der Waals surface area contributed by atoms with Crippen molar-refractivity contribution < 1.29 is 9.53 Å². The number of benzene rings is 2. The third-order valence-electron chi connectivity index (χ3n) is 6.51. The molecule has 28 heavy (non-hydrogen) atoms. The highest BCUT2D eigenvalue weighted by atomic mass is 16.6. The molecule has 3 unspecified atom stereocenters. The van der Waals surface area contributed by atoms with Crippen molar-refractivity contribution in [1.29, 1.82) is 0 Å². The average Bonchev–Trinajstić information content (AvgIpc) is 3.17. The summed E-state index contributed by atoms with van der Waals surface area (Å²) in [4.78, 5) is 12.5. The number of azo groups is 1. The molecule has 0 aromatic heterocycles. The highest BCUT2D eigenvalue weighted by molar-refractivity contribution is 5.85. The minimum Gasteiger partial charge on any atom is -0.445 e. The molecule has 1 amide bonds. The summed E-state index contributed by atoms with van der Waals surface area (Å²) in [6.45, 7) is 6.71. The Balaban J connectivity index is 1.37. The zero-order chi connectivity index (χ0) is 19.8. The van der Waals surface area contributed by atoms with E-state index in [1.807, 2.05) is 54.6 Å². The Morgan fingerprint density at radius 2 is 1.64 bits per heavy atom. The second-order valence-corrected chi connectivity index (χ2v) is 8.91. The molecule has 2 aliphatic carbocycles. The molecule has 2 aliphatic rings. The highest BCUT2D eigenvalue weighted by Crippen LogP contribution is 2.63. The predicted octanol–water partition coefficient (Wildman–Crippen LogP) is 6.87. The highest BCUT2D eigenvalue weighted by Gasteiger charge is 2.61. The molecule has 5 nitrogen and oxygen atoms in total. The number of hydrogen-bond donors (Lipinski definition) is 1. The van der Waals surface area contributed by atoms with Crippen molar-refractivity contribution in [3.05, 3.63) is 54.6 Å². The van der Waals surface area contributed by atoms with E-state index in [1.165, 1.54) is 6.42 Å². The molecule has 0 heterocycles. The first-order valence-corrected chi connectivity index (χ1v) is 9.91. The third kappa shape index (κ3) is 3.53. The van der Waals surface area contributed by atoms with Gasteiger partial charge in [0.1, 0.15) is 6.10 Å². The Morgan fingerprint density at radius 1 is 1.00 bits per heavy atom. The lowest BCUT2D eigenvalue weighted by Crippen LogP contribution is -2.44. The second kappa shape index (κ2) is 7.04. The Labute approximate surface area is 166 Å². The van der Waals surface area contributed by atoms with Gasteiger partial charge in [-0.05, 0) is 61.6 Å². The number of fused-ring (bicyclic) bond motifs is 2. The summed E-state index contributed by atoms with van der Waals surface area (Å²) in [5.74, 6) is 0.643. The van der Waals surface area contributed by atoms with Crippen LogP contribution in [0.4, 0.5) is 21.9 Å². The Kier molecular flexibility index (Phi) is 4.69. The summed E-state index contributed by atoms with van der Waals surface area (Å²) in [7, 11) is 0. The third-order valence-corrected chi connectivity index (χ3v) is 6.51. The average molecular weight is 377 g/mol. The van der Waals surface area contributed by atoms with Crippen molar-refractivity contribution in [2.45, 2.75) is 46.1 Å². The molecule has 2 bridgehead atoms. The lowest BCUT2D eigenvalue weighted by molar-refractivity contribution is -0.0408. The van der Waals surface area contributed by atoms with Gasteiger partial charge in [0.15, 0.2) is 0 Å². The zero-order valence-corrected chi connectivity index (χ0v) is 16.7. The number of carbonyl (C=O) groups is 1. The molecule has 2 saturated carbocycles. The monoisotopic (exact) mass is 377 g/mol. The van der Waals surface area contributed by atoms with Crippen LogP contribution >= 0.6 is 0 Å². The number of nitrogens with zero attached hydrogens (tertiary/aromatic N) is 2. The molecule has 2 aromatic rings. The lowest BCUT2D eigenvalue weighted by Gasteiger charge is -2.41. The maximum atomic E-state index is 12.5. The Bertz CT molecular complexity index is 872. The van der Waals surface area contributed by atoms with E-state index < -0.39 is 0 Å². The van der Waals surface area contributed by atoms with Crippen LogP contribution in [-0.2, 0) is 4.74 Å². The van der Waals surface area contributed by atoms with Crippen LogP contribution in [0, 0.1) is 16.7 Å². The quantitative estimate of drug-likeness (QED) is 0.591. The van der Waals surface area contributed by atoms with Crippen molar-refractivity contribution in [2.24, 2.45) is 27.0 Å². The molecule has 0 saturated heterocycles. The first-order valence-electron chi connectivity index (χ1n) is 9.91. The molecular weight excluding hydrogens is 350 g/mol. The molecule has 2 fully saturated rings. The van der Waals surface area contributed by atoms with E-state index in [4.69, 9.17) is 4.74 Å². The summed E-state index contributed by atoms with van der Waals surface area (Å²) in [5, 5.41) is 11.3. The summed E-state index contributed by atoms with van der Waals surface area (Å²) in [6, 6.07) is 16.9. The molecule has 0 spiro atoms. The second-order valence-electron chi connectivity index (χ2n) is 8.91. The molecule has 0 aliphatic heterocycles. The number of rotatable bonds is 4. The number of anilines is 1. The van der Waals surface area contributed by atoms with Gasteiger partial charge in [-0.1, -0.05) is 39.0 Å². The van der Waals surface area contributed by atoms with Crippen LogP contribution in [0.2, 0.25) is 0 Å². The first kappa shape index (κ1) is 18.7. The van der Waals surface area contributed by atoms with Gasteiger partial charge >= 0.3 is 6.09 Å². The van der Waals surface area contributed by atoms with Crippen molar-refractivity contribution in [2.75, 3.05) is 5.32 Å². The number of ether oxygens (including phenoxy) is 1. The van der Waals surface area contributed by atoms with E-state index in [2.05, 4.69) is 36.3 Å². The van der Waals surface area contributed by atoms with Gasteiger partial charge in [0, 0.05) is 16.5 Å². The van der Waals surface area contributed by atoms with Gasteiger partial charge in [-0.25, -0.2) is 4.79 Å². The van der Waals surface area contributed by atoms with Crippen LogP contribution in [0.5, 0.6) is 0 Å². The van der Waals surface area contributed by atoms with Crippen molar-refractivity contribution in [3.63, 3.8) is 0 Å². The van der Waals surface area contributed by atoms with Crippen LogP contribution in [0.1, 0.15) is 40.0 Å². The Hall–Kier alpha value is -2.69. The van der Waals surface area contributed by atoms with Gasteiger partial charge in [0.25, 0.3) is 0 Å². The van der Waals surface area contributed by atoms with Crippen molar-refractivity contribution >= 4 is 23.2 Å². The van der Waals surface area contributed by atoms with Gasteiger partial charge < -0.3 is 4.74 Å². The number of hydrogen-bond acceptors (Lipinski definition) is 4. The number of carbonyl (C=O) groups excluding carboxylic acids is 1. The summed E-state index contributed by atoms with van der Waals surface area (Å²) in [6.07, 6.45) is 3.10. The largest absolute Gasteiger partial charge is 0.445 e. The summed E-state index contributed by atoms with van der Waals surface area (Å²) < 4.78 is 5.91. The minimum absolute atomic E-state index is 0.0337. The van der Waals surface area contributed by atoms with E-state index >= 15 is 0 Å². The van der Waals surface area contributed by atoms with Gasteiger partial charge in [0.05, 0.1) is 11.4 Å². The molecular formula is C23H27N3O2. The smallest absolute Gasteiger partial charge is 0.411 e. The van der Waals surface area contributed by atoms with E-state index in [1.54, 1.807) is 0 Å². The topological polar surface area (TPSA) is 63.0 Å². The minimum atomic E-state index is -0.384. The van der Waals surface area contributed by atoms with Crippen LogP contribution in [0.25, 0.3) is 0 Å². The fourth-order valence-electron chi connectivity index (χ4n) is 5.03. The van der Waals surface area contributed by atoms with Crippen molar-refractivity contribution in [3.8, 4) is 0 Å². The Morgan fingerprint density at radius 3 is 2.25 bits per heavy atom. The maximum absolute atomic E-state index is 12.5. The van der Waals surface area contributed by atoms with Crippen LogP contribution in [-0.4, -0.2) is 12.2 Å². The first-order chi connectivity index (χ1) is 13.4. The molecule has 146 valence electrons. The van der Waals surface area contributed by atoms with Crippen LogP contribution in [0.15, 0.2) is 64.8 Å². The fraction of sp³-hybridized carbons (Fsp3) is 0.435. The summed E-state index contributed by atoms with van der Waals surface area (Å²) >= 11 is 0. The molecule has 0 radical (unpaired) electrons. The van der Waals surface area contributed by atoms with E-state index in [0.29, 0.717) is 11.6 Å². The van der Waals surface area contributed by atoms with Crippen molar-refractivity contribution in [1.82, 2.24) is 0 Å². The fourth-order valence-corrected chi connectivity index (χ4v) is 5.03. The lowest BCUT2D eigenvalue weighted by atomic mass is 9.70. The standard InChI is InChI=1S/C23H27N3O2/c1-22(2)16-13-14-23(3,15-16)20(22)28-21(27)24-17-9-11-19(12-10-17)26-25-18-7-5-4-6-8-18/h4-12,16,20H,13-15H2,1-3H3,(H,24,27). The molecule has 3 atom stereocenters. The molecule has 1 N–H and O–H groups in total. The summed E-state index contributed by atoms with van der Waals surface area (Å²) in [5.41, 5.74) is 2.36. The van der Waals surface area contributed by atoms with Gasteiger partial charge in [-0.15, -0.1) is 0 Å². The SMILES string of the molecule is CC12CCC(C1)C(C)(C)C2OC(=O)Nc1ccc(N=Nc2ccccc2)cc1. The van der Waals surface area contributed by atoms with Gasteiger partial charge in [0.2, 0.25) is 0 Å². The number of nitrogens with one attached hydrogen (secondary N) is 1. The van der Waals surface area contributed by atoms with E-state index in [0.717, 1.165) is 24.2 Å². The maximum Gasteiger partial charge on any atom is 0.411 e. The number of amides is 1. The molecule has 2 aromatic carbocycles. The van der Waals surface area contributed by atoms with E-state index in [9.17, 15) is 4.79 Å². The van der Waals surface area contributed by atoms with E-state index in [-0.39, 0.29) is 23.0 Å². The van der Waals surface area contributed by atoms with Gasteiger partial charge in [-0.2, -0.15) is 10.2 Å². The van der Waals surface area contributed by atoms with Crippen LogP contribution in [0.3, 0.4) is 0 Å². The normalized spacial score (nSPS) is 27.8. The van der Waals surface area contributed by atoms with Gasteiger partial charge in [-0.3, -0.25) is 5.32 Å².